The lowest BCUT2D eigenvalue weighted by molar-refractivity contribution is -0.124. The highest BCUT2D eigenvalue weighted by molar-refractivity contribution is 5.94. The molecule has 0 aliphatic heterocycles. The van der Waals surface area contributed by atoms with Gasteiger partial charge < -0.3 is 9.64 Å². The van der Waals surface area contributed by atoms with Crippen LogP contribution in [-0.4, -0.2) is 25.7 Å². The number of hydrogen-bond acceptors (Lipinski definition) is 2. The maximum atomic E-state index is 11.8. The van der Waals surface area contributed by atoms with Crippen molar-refractivity contribution in [2.75, 3.05) is 18.6 Å². The standard InChI is InChI=1S/C13H19NO2/c1-10(2)16-9-13(15)14(4)12-8-6-5-7-11(12)3/h5-8,10H,9H2,1-4H3. The minimum Gasteiger partial charge on any atom is -0.369 e. The summed E-state index contributed by atoms with van der Waals surface area (Å²) in [6.07, 6.45) is 0.0780. The second kappa shape index (κ2) is 5.66. The second-order valence-electron chi connectivity index (χ2n) is 4.10. The van der Waals surface area contributed by atoms with Crippen molar-refractivity contribution in [1.82, 2.24) is 0 Å². The van der Waals surface area contributed by atoms with Crippen LogP contribution in [0.1, 0.15) is 19.4 Å². The smallest absolute Gasteiger partial charge is 0.252 e. The fourth-order valence-corrected chi connectivity index (χ4v) is 1.41. The number of hydrogen-bond donors (Lipinski definition) is 0. The van der Waals surface area contributed by atoms with E-state index >= 15 is 0 Å². The Morgan fingerprint density at radius 2 is 2.00 bits per heavy atom. The molecule has 3 heteroatoms. The van der Waals surface area contributed by atoms with Crippen LogP contribution in [0.5, 0.6) is 0 Å². The van der Waals surface area contributed by atoms with Gasteiger partial charge in [0, 0.05) is 12.7 Å². The van der Waals surface area contributed by atoms with Crippen molar-refractivity contribution in [3.8, 4) is 0 Å². The van der Waals surface area contributed by atoms with Crippen molar-refractivity contribution in [1.29, 1.82) is 0 Å². The third-order valence-corrected chi connectivity index (χ3v) is 2.39. The van der Waals surface area contributed by atoms with Gasteiger partial charge in [-0.2, -0.15) is 0 Å². The van der Waals surface area contributed by atoms with Gasteiger partial charge in [0.15, 0.2) is 0 Å². The first-order valence-electron chi connectivity index (χ1n) is 5.46. The van der Waals surface area contributed by atoms with Crippen molar-refractivity contribution in [3.05, 3.63) is 29.8 Å². The van der Waals surface area contributed by atoms with E-state index in [-0.39, 0.29) is 18.6 Å². The number of benzene rings is 1. The van der Waals surface area contributed by atoms with E-state index in [0.29, 0.717) is 0 Å². The molecular formula is C13H19NO2. The van der Waals surface area contributed by atoms with Crippen molar-refractivity contribution < 1.29 is 9.53 Å². The highest BCUT2D eigenvalue weighted by atomic mass is 16.5. The van der Waals surface area contributed by atoms with E-state index in [2.05, 4.69) is 0 Å². The molecule has 88 valence electrons. The fourth-order valence-electron chi connectivity index (χ4n) is 1.41. The third-order valence-electron chi connectivity index (χ3n) is 2.39. The number of nitrogens with zero attached hydrogens (tertiary/aromatic N) is 1. The predicted octanol–water partition coefficient (Wildman–Crippen LogP) is 2.38. The summed E-state index contributed by atoms with van der Waals surface area (Å²) < 4.78 is 5.29. The van der Waals surface area contributed by atoms with Gasteiger partial charge in [0.2, 0.25) is 0 Å². The van der Waals surface area contributed by atoms with E-state index in [1.54, 1.807) is 11.9 Å². The first kappa shape index (κ1) is 12.7. The Bertz CT molecular complexity index is 361. The summed E-state index contributed by atoms with van der Waals surface area (Å²) in [6.45, 7) is 5.95. The zero-order chi connectivity index (χ0) is 12.1. The molecular weight excluding hydrogens is 202 g/mol. The third kappa shape index (κ3) is 3.35. The van der Waals surface area contributed by atoms with Gasteiger partial charge in [-0.3, -0.25) is 4.79 Å². The largest absolute Gasteiger partial charge is 0.369 e. The summed E-state index contributed by atoms with van der Waals surface area (Å²) >= 11 is 0. The minimum atomic E-state index is -0.0250. The summed E-state index contributed by atoms with van der Waals surface area (Å²) in [5.41, 5.74) is 2.02. The first-order chi connectivity index (χ1) is 7.52. The average Bonchev–Trinajstić information content (AvgIpc) is 2.25. The molecule has 0 saturated heterocycles. The van der Waals surface area contributed by atoms with Gasteiger partial charge in [-0.1, -0.05) is 18.2 Å². The maximum Gasteiger partial charge on any atom is 0.252 e. The minimum absolute atomic E-state index is 0.0250. The quantitative estimate of drug-likeness (QED) is 0.781. The molecule has 0 fully saturated rings. The Labute approximate surface area is 97.0 Å². The summed E-state index contributed by atoms with van der Waals surface area (Å²) in [6, 6.07) is 7.81. The summed E-state index contributed by atoms with van der Waals surface area (Å²) in [5, 5.41) is 0. The van der Waals surface area contributed by atoms with Crippen LogP contribution >= 0.6 is 0 Å². The Kier molecular flexibility index (Phi) is 4.50. The van der Waals surface area contributed by atoms with Crippen LogP contribution in [-0.2, 0) is 9.53 Å². The van der Waals surface area contributed by atoms with E-state index < -0.39 is 0 Å². The molecule has 0 saturated carbocycles. The van der Waals surface area contributed by atoms with E-state index in [0.717, 1.165) is 11.3 Å². The summed E-state index contributed by atoms with van der Waals surface area (Å²) in [7, 11) is 1.77. The van der Waals surface area contributed by atoms with E-state index in [4.69, 9.17) is 4.74 Å². The van der Waals surface area contributed by atoms with Gasteiger partial charge in [-0.25, -0.2) is 0 Å². The molecule has 1 rings (SSSR count). The lowest BCUT2D eigenvalue weighted by Crippen LogP contribution is -2.31. The summed E-state index contributed by atoms with van der Waals surface area (Å²) in [5.74, 6) is -0.0250. The van der Waals surface area contributed by atoms with Gasteiger partial charge in [-0.15, -0.1) is 0 Å². The van der Waals surface area contributed by atoms with Gasteiger partial charge in [0.25, 0.3) is 5.91 Å². The van der Waals surface area contributed by atoms with Gasteiger partial charge >= 0.3 is 0 Å². The van der Waals surface area contributed by atoms with Crippen molar-refractivity contribution in [2.24, 2.45) is 0 Å². The molecule has 1 amide bonds. The number of rotatable bonds is 4. The number of carbonyl (C=O) groups is 1. The van der Waals surface area contributed by atoms with E-state index in [1.807, 2.05) is 45.0 Å². The first-order valence-corrected chi connectivity index (χ1v) is 5.46. The Hall–Kier alpha value is -1.35. The normalized spacial score (nSPS) is 10.6. The van der Waals surface area contributed by atoms with Gasteiger partial charge in [0.05, 0.1) is 6.10 Å². The lowest BCUT2D eigenvalue weighted by Gasteiger charge is -2.20. The van der Waals surface area contributed by atoms with E-state index in [1.165, 1.54) is 0 Å². The molecule has 0 atom stereocenters. The predicted molar refractivity (Wildman–Crippen MR) is 65.7 cm³/mol. The number of anilines is 1. The molecule has 0 aromatic heterocycles. The molecule has 1 aromatic carbocycles. The molecule has 0 bridgehead atoms. The van der Waals surface area contributed by atoms with Crippen LogP contribution in [0.2, 0.25) is 0 Å². The number of amides is 1. The van der Waals surface area contributed by atoms with Crippen LogP contribution in [0.15, 0.2) is 24.3 Å². The monoisotopic (exact) mass is 221 g/mol. The SMILES string of the molecule is Cc1ccccc1N(C)C(=O)COC(C)C. The highest BCUT2D eigenvalue weighted by Gasteiger charge is 2.12. The topological polar surface area (TPSA) is 29.5 Å². The molecule has 0 N–H and O–H groups in total. The molecule has 0 unspecified atom stereocenters. The van der Waals surface area contributed by atoms with Crippen molar-refractivity contribution in [2.45, 2.75) is 26.9 Å². The lowest BCUT2D eigenvalue weighted by atomic mass is 10.2. The zero-order valence-electron chi connectivity index (χ0n) is 10.4. The Balaban J connectivity index is 2.67. The average molecular weight is 221 g/mol. The molecule has 0 aliphatic carbocycles. The molecule has 0 spiro atoms. The van der Waals surface area contributed by atoms with Crippen molar-refractivity contribution >= 4 is 11.6 Å². The second-order valence-corrected chi connectivity index (χ2v) is 4.10. The van der Waals surface area contributed by atoms with Gasteiger partial charge in [0.1, 0.15) is 6.61 Å². The number of aryl methyl sites for hydroxylation is 1. The van der Waals surface area contributed by atoms with Crippen LogP contribution < -0.4 is 4.90 Å². The van der Waals surface area contributed by atoms with Crippen molar-refractivity contribution in [3.63, 3.8) is 0 Å². The summed E-state index contributed by atoms with van der Waals surface area (Å²) in [4.78, 5) is 13.4. The Morgan fingerprint density at radius 3 is 2.56 bits per heavy atom. The number of ether oxygens (including phenoxy) is 1. The van der Waals surface area contributed by atoms with Crippen LogP contribution in [0.25, 0.3) is 0 Å². The zero-order valence-corrected chi connectivity index (χ0v) is 10.4. The molecule has 0 heterocycles. The molecule has 1 aromatic rings. The number of para-hydroxylation sites is 1. The molecule has 0 radical (unpaired) electrons. The van der Waals surface area contributed by atoms with Gasteiger partial charge in [-0.05, 0) is 32.4 Å². The maximum absolute atomic E-state index is 11.8. The van der Waals surface area contributed by atoms with Crippen LogP contribution in [0.4, 0.5) is 5.69 Å². The van der Waals surface area contributed by atoms with Crippen LogP contribution in [0, 0.1) is 6.92 Å². The highest BCUT2D eigenvalue weighted by Crippen LogP contribution is 2.17. The molecule has 16 heavy (non-hydrogen) atoms. The Morgan fingerprint density at radius 1 is 1.38 bits per heavy atom. The molecule has 3 nitrogen and oxygen atoms in total. The number of carbonyl (C=O) groups excluding carboxylic acids is 1. The molecule has 0 aliphatic rings. The number of likely N-dealkylation sites (N-methyl/N-ethyl adjacent to an activating group) is 1. The van der Waals surface area contributed by atoms with E-state index in [9.17, 15) is 4.79 Å². The van der Waals surface area contributed by atoms with Crippen LogP contribution in [0.3, 0.4) is 0 Å². The fraction of sp³-hybridized carbons (Fsp3) is 0.462.